The van der Waals surface area contributed by atoms with E-state index in [2.05, 4.69) is 10.0 Å². The molecule has 1 atom stereocenters. The van der Waals surface area contributed by atoms with E-state index in [1.54, 1.807) is 7.11 Å². The Morgan fingerprint density at radius 2 is 2.10 bits per heavy atom. The van der Waals surface area contributed by atoms with Gasteiger partial charge in [-0.3, -0.25) is 0 Å². The van der Waals surface area contributed by atoms with Crippen molar-refractivity contribution in [3.8, 4) is 0 Å². The van der Waals surface area contributed by atoms with Crippen LogP contribution in [0, 0.1) is 5.92 Å². The first-order chi connectivity index (χ1) is 10.1. The first-order valence-corrected chi connectivity index (χ1v) is 9.00. The quantitative estimate of drug-likeness (QED) is 0.795. The third kappa shape index (κ3) is 5.39. The van der Waals surface area contributed by atoms with E-state index in [1.165, 1.54) is 0 Å². The Morgan fingerprint density at radius 1 is 1.33 bits per heavy atom. The fourth-order valence-corrected chi connectivity index (χ4v) is 3.88. The molecule has 1 aliphatic heterocycles. The Morgan fingerprint density at radius 3 is 2.76 bits per heavy atom. The van der Waals surface area contributed by atoms with Crippen molar-refractivity contribution < 1.29 is 13.2 Å². The number of rotatable bonds is 7. The maximum atomic E-state index is 12.2. The predicted molar refractivity (Wildman–Crippen MR) is 83.4 cm³/mol. The van der Waals surface area contributed by atoms with Gasteiger partial charge < -0.3 is 10.1 Å². The molecule has 21 heavy (non-hydrogen) atoms. The average Bonchev–Trinajstić information content (AvgIpc) is 2.48. The summed E-state index contributed by atoms with van der Waals surface area (Å²) in [5.41, 5.74) is 1.72. The van der Waals surface area contributed by atoms with Gasteiger partial charge in [-0.05, 0) is 43.0 Å². The zero-order valence-electron chi connectivity index (χ0n) is 12.5. The summed E-state index contributed by atoms with van der Waals surface area (Å²) in [6.45, 7) is 2.87. The smallest absolute Gasteiger partial charge is 0.215 e. The van der Waals surface area contributed by atoms with Crippen LogP contribution in [0.25, 0.3) is 0 Å². The van der Waals surface area contributed by atoms with Crippen LogP contribution < -0.4 is 10.0 Å². The van der Waals surface area contributed by atoms with Crippen LogP contribution in [0.2, 0.25) is 0 Å². The minimum Gasteiger partial charge on any atom is -0.380 e. The summed E-state index contributed by atoms with van der Waals surface area (Å²) in [4.78, 5) is 0. The Hall–Kier alpha value is -0.950. The Labute approximate surface area is 127 Å². The Bertz CT molecular complexity index is 540. The summed E-state index contributed by atoms with van der Waals surface area (Å²) in [5.74, 6) is 0.398. The summed E-state index contributed by atoms with van der Waals surface area (Å²) in [7, 11) is -1.70. The van der Waals surface area contributed by atoms with Gasteiger partial charge in [0.25, 0.3) is 0 Å². The van der Waals surface area contributed by atoms with Crippen molar-refractivity contribution >= 4 is 10.0 Å². The molecular formula is C15H24N2O3S. The van der Waals surface area contributed by atoms with Gasteiger partial charge in [0.15, 0.2) is 0 Å². The molecule has 0 radical (unpaired) electrons. The molecule has 5 nitrogen and oxygen atoms in total. The van der Waals surface area contributed by atoms with E-state index in [1.807, 2.05) is 24.3 Å². The highest BCUT2D eigenvalue weighted by Gasteiger charge is 2.18. The van der Waals surface area contributed by atoms with Gasteiger partial charge in [0.05, 0.1) is 12.4 Å². The van der Waals surface area contributed by atoms with Crippen molar-refractivity contribution in [2.75, 3.05) is 26.7 Å². The molecule has 0 aliphatic carbocycles. The molecular weight excluding hydrogens is 288 g/mol. The van der Waals surface area contributed by atoms with E-state index in [0.717, 1.165) is 37.1 Å². The lowest BCUT2D eigenvalue weighted by Gasteiger charge is -2.23. The maximum absolute atomic E-state index is 12.2. The molecule has 1 unspecified atom stereocenters. The van der Waals surface area contributed by atoms with E-state index in [0.29, 0.717) is 19.1 Å². The second-order valence-corrected chi connectivity index (χ2v) is 7.33. The van der Waals surface area contributed by atoms with E-state index in [4.69, 9.17) is 4.74 Å². The van der Waals surface area contributed by atoms with Crippen LogP contribution in [0.3, 0.4) is 0 Å². The first-order valence-electron chi connectivity index (χ1n) is 7.34. The van der Waals surface area contributed by atoms with E-state index in [-0.39, 0.29) is 5.75 Å². The molecule has 1 aliphatic rings. The average molecular weight is 312 g/mol. The lowest BCUT2D eigenvalue weighted by Crippen LogP contribution is -2.38. The van der Waals surface area contributed by atoms with Crippen LogP contribution >= 0.6 is 0 Å². The van der Waals surface area contributed by atoms with Crippen LogP contribution in [0.5, 0.6) is 0 Å². The highest BCUT2D eigenvalue weighted by Crippen LogP contribution is 2.14. The normalized spacial score (nSPS) is 19.6. The molecule has 1 saturated heterocycles. The molecule has 0 aromatic heterocycles. The van der Waals surface area contributed by atoms with Crippen LogP contribution in [0.15, 0.2) is 24.3 Å². The Kier molecular flexibility index (Phi) is 6.17. The van der Waals surface area contributed by atoms with Crippen LogP contribution in [-0.2, 0) is 27.1 Å². The lowest BCUT2D eigenvalue weighted by atomic mass is 10.0. The first kappa shape index (κ1) is 16.4. The molecule has 1 aromatic carbocycles. The molecule has 0 bridgehead atoms. The number of hydrogen-bond donors (Lipinski definition) is 2. The molecule has 0 spiro atoms. The SMILES string of the molecule is COCc1ccccc1CS(=O)(=O)NCC1CCCNC1. The number of ether oxygens (including phenoxy) is 1. The summed E-state index contributed by atoms with van der Waals surface area (Å²) >= 11 is 0. The zero-order valence-corrected chi connectivity index (χ0v) is 13.3. The predicted octanol–water partition coefficient (Wildman–Crippen LogP) is 1.25. The van der Waals surface area contributed by atoms with Crippen molar-refractivity contribution in [2.45, 2.75) is 25.2 Å². The summed E-state index contributed by atoms with van der Waals surface area (Å²) < 4.78 is 32.3. The molecule has 2 rings (SSSR count). The highest BCUT2D eigenvalue weighted by atomic mass is 32.2. The lowest BCUT2D eigenvalue weighted by molar-refractivity contribution is 0.184. The monoisotopic (exact) mass is 312 g/mol. The summed E-state index contributed by atoms with van der Waals surface area (Å²) in [6, 6.07) is 7.50. The Balaban J connectivity index is 1.93. The van der Waals surface area contributed by atoms with Gasteiger partial charge in [0, 0.05) is 13.7 Å². The van der Waals surface area contributed by atoms with Crippen molar-refractivity contribution in [3.63, 3.8) is 0 Å². The number of benzene rings is 1. The van der Waals surface area contributed by atoms with Gasteiger partial charge in [0.2, 0.25) is 10.0 Å². The number of sulfonamides is 1. The van der Waals surface area contributed by atoms with Gasteiger partial charge in [-0.1, -0.05) is 24.3 Å². The standard InChI is InChI=1S/C15H24N2O3S/c1-20-11-14-6-2-3-7-15(14)12-21(18,19)17-10-13-5-4-8-16-9-13/h2-3,6-7,13,16-17H,4-5,8-12H2,1H3. The van der Waals surface area contributed by atoms with Gasteiger partial charge in [-0.2, -0.15) is 0 Å². The van der Waals surface area contributed by atoms with Crippen LogP contribution in [0.4, 0.5) is 0 Å². The van der Waals surface area contributed by atoms with Crippen molar-refractivity contribution in [1.29, 1.82) is 0 Å². The van der Waals surface area contributed by atoms with Crippen molar-refractivity contribution in [1.82, 2.24) is 10.0 Å². The van der Waals surface area contributed by atoms with Gasteiger partial charge in [-0.25, -0.2) is 13.1 Å². The number of hydrogen-bond acceptors (Lipinski definition) is 4. The number of methoxy groups -OCH3 is 1. The molecule has 1 aromatic rings. The maximum Gasteiger partial charge on any atom is 0.215 e. The minimum absolute atomic E-state index is 0.00663. The zero-order chi connectivity index (χ0) is 15.1. The minimum atomic E-state index is -3.31. The number of nitrogens with one attached hydrogen (secondary N) is 2. The van der Waals surface area contributed by atoms with Crippen molar-refractivity contribution in [3.05, 3.63) is 35.4 Å². The largest absolute Gasteiger partial charge is 0.380 e. The van der Waals surface area contributed by atoms with Gasteiger partial charge >= 0.3 is 0 Å². The van der Waals surface area contributed by atoms with Crippen molar-refractivity contribution in [2.24, 2.45) is 5.92 Å². The highest BCUT2D eigenvalue weighted by molar-refractivity contribution is 7.88. The van der Waals surface area contributed by atoms with Crippen LogP contribution in [0.1, 0.15) is 24.0 Å². The molecule has 118 valence electrons. The third-order valence-corrected chi connectivity index (χ3v) is 5.05. The molecule has 2 N–H and O–H groups in total. The van der Waals surface area contributed by atoms with E-state index >= 15 is 0 Å². The van der Waals surface area contributed by atoms with Gasteiger partial charge in [-0.15, -0.1) is 0 Å². The molecule has 0 amide bonds. The number of piperidine rings is 1. The van der Waals surface area contributed by atoms with Gasteiger partial charge in [0.1, 0.15) is 0 Å². The fourth-order valence-electron chi connectivity index (χ4n) is 2.59. The summed E-state index contributed by atoms with van der Waals surface area (Å²) in [5, 5.41) is 3.30. The fraction of sp³-hybridized carbons (Fsp3) is 0.600. The van der Waals surface area contributed by atoms with E-state index in [9.17, 15) is 8.42 Å². The van der Waals surface area contributed by atoms with Crippen LogP contribution in [-0.4, -0.2) is 35.2 Å². The molecule has 6 heteroatoms. The molecule has 1 fully saturated rings. The second-order valence-electron chi connectivity index (χ2n) is 5.52. The third-order valence-electron chi connectivity index (χ3n) is 3.75. The molecule has 1 heterocycles. The summed E-state index contributed by atoms with van der Waals surface area (Å²) in [6.07, 6.45) is 2.19. The molecule has 0 saturated carbocycles. The topological polar surface area (TPSA) is 67.4 Å². The second kappa shape index (κ2) is 7.89. The van der Waals surface area contributed by atoms with E-state index < -0.39 is 10.0 Å².